The van der Waals surface area contributed by atoms with Gasteiger partial charge >= 0.3 is 0 Å². The van der Waals surface area contributed by atoms with Gasteiger partial charge in [0.25, 0.3) is 0 Å². The first-order valence-corrected chi connectivity index (χ1v) is 14.5. The van der Waals surface area contributed by atoms with Crippen LogP contribution in [0.25, 0.3) is 0 Å². The predicted molar refractivity (Wildman–Crippen MR) is 131 cm³/mol. The second-order valence-electron chi connectivity index (χ2n) is 15.5. The summed E-state index contributed by atoms with van der Waals surface area (Å²) in [6, 6.07) is 0. The monoisotopic (exact) mass is 486 g/mol. The Kier molecular flexibility index (Phi) is 4.42. The molecule has 0 spiro atoms. The number of aliphatic hydroxyl groups is 2. The lowest BCUT2D eigenvalue weighted by Gasteiger charge is -2.67. The van der Waals surface area contributed by atoms with Crippen LogP contribution in [-0.2, 0) is 14.3 Å². The summed E-state index contributed by atoms with van der Waals surface area (Å²) in [4.78, 5) is 12.9. The third kappa shape index (κ3) is 2.54. The molecule has 2 N–H and O–H groups in total. The summed E-state index contributed by atoms with van der Waals surface area (Å²) in [5, 5.41) is 23.0. The number of rotatable bonds is 2. The average molecular weight is 487 g/mol. The highest BCUT2D eigenvalue weighted by atomic mass is 16.7. The summed E-state index contributed by atoms with van der Waals surface area (Å²) in [5.74, 6) is 1.77. The number of ketones is 1. The molecule has 7 fully saturated rings. The molecule has 2 aliphatic heterocycles. The molecule has 5 aliphatic carbocycles. The molecular weight excluding hydrogens is 440 g/mol. The molecular formula is C30H46O5. The van der Waals surface area contributed by atoms with Crippen molar-refractivity contribution in [2.75, 3.05) is 0 Å². The van der Waals surface area contributed by atoms with Gasteiger partial charge in [0.15, 0.2) is 6.29 Å². The van der Waals surface area contributed by atoms with Gasteiger partial charge in [-0.1, -0.05) is 27.7 Å². The van der Waals surface area contributed by atoms with E-state index in [1.54, 1.807) is 0 Å². The number of ether oxygens (including phenoxy) is 2. The van der Waals surface area contributed by atoms with E-state index in [0.29, 0.717) is 24.0 Å². The Morgan fingerprint density at radius 3 is 2.31 bits per heavy atom. The van der Waals surface area contributed by atoms with Crippen LogP contribution in [0.2, 0.25) is 0 Å². The second kappa shape index (κ2) is 6.55. The number of fused-ring (bicyclic) bond motifs is 3. The van der Waals surface area contributed by atoms with E-state index in [2.05, 4.69) is 41.5 Å². The van der Waals surface area contributed by atoms with Crippen LogP contribution in [0.1, 0.15) is 99.3 Å². The first-order chi connectivity index (χ1) is 16.2. The minimum Gasteiger partial charge on any atom is -0.393 e. The van der Waals surface area contributed by atoms with Gasteiger partial charge in [0.1, 0.15) is 11.9 Å². The molecule has 0 aromatic heterocycles. The number of carbonyl (C=O) groups is 1. The summed E-state index contributed by atoms with van der Waals surface area (Å²) >= 11 is 0. The largest absolute Gasteiger partial charge is 0.393 e. The number of carbonyl (C=O) groups excluding carboxylic acids is 1. The molecule has 3 unspecified atom stereocenters. The van der Waals surface area contributed by atoms with Gasteiger partial charge in [0.05, 0.1) is 17.8 Å². The van der Waals surface area contributed by atoms with Crippen LogP contribution in [0.4, 0.5) is 0 Å². The summed E-state index contributed by atoms with van der Waals surface area (Å²) < 4.78 is 12.0. The van der Waals surface area contributed by atoms with Gasteiger partial charge in [-0.05, 0) is 99.2 Å². The Morgan fingerprint density at radius 2 is 1.63 bits per heavy atom. The first kappa shape index (κ1) is 23.6. The molecule has 5 nitrogen and oxygen atoms in total. The van der Waals surface area contributed by atoms with Crippen molar-refractivity contribution in [2.45, 2.75) is 130 Å². The van der Waals surface area contributed by atoms with Crippen LogP contribution in [0, 0.1) is 50.7 Å². The van der Waals surface area contributed by atoms with Gasteiger partial charge < -0.3 is 19.7 Å². The van der Waals surface area contributed by atoms with Crippen molar-refractivity contribution in [2.24, 2.45) is 50.7 Å². The van der Waals surface area contributed by atoms with Crippen molar-refractivity contribution in [1.82, 2.24) is 0 Å². The van der Waals surface area contributed by atoms with Crippen LogP contribution in [0.15, 0.2) is 0 Å². The lowest BCUT2D eigenvalue weighted by atomic mass is 9.37. The van der Waals surface area contributed by atoms with Crippen molar-refractivity contribution in [3.05, 3.63) is 0 Å². The van der Waals surface area contributed by atoms with E-state index in [1.807, 2.05) is 0 Å². The van der Waals surface area contributed by atoms with Gasteiger partial charge in [-0.15, -0.1) is 0 Å². The number of hydrogen-bond acceptors (Lipinski definition) is 5. The van der Waals surface area contributed by atoms with Crippen molar-refractivity contribution in [3.63, 3.8) is 0 Å². The SMILES string of the molecule is CC1(C)O[C@H]1[C@H]1C[C@@H](C2CC[C@]34C[C@]23CC[C@@H]2[C@@]3(C)CCC(=O)C(C)(C)[C@@H]3CC(O)[C@]24C)C(O)O1. The summed E-state index contributed by atoms with van der Waals surface area (Å²) in [7, 11) is 0. The molecule has 12 atom stereocenters. The topological polar surface area (TPSA) is 79.3 Å². The van der Waals surface area contributed by atoms with E-state index in [9.17, 15) is 15.0 Å². The van der Waals surface area contributed by atoms with Crippen LogP contribution >= 0.6 is 0 Å². The zero-order valence-corrected chi connectivity index (χ0v) is 22.6. The quantitative estimate of drug-likeness (QED) is 0.545. The summed E-state index contributed by atoms with van der Waals surface area (Å²) in [6.07, 6.45) is 8.27. The van der Waals surface area contributed by atoms with E-state index in [4.69, 9.17) is 9.47 Å². The van der Waals surface area contributed by atoms with Crippen LogP contribution in [-0.4, -0.2) is 46.2 Å². The molecule has 2 heterocycles. The summed E-state index contributed by atoms with van der Waals surface area (Å²) in [5.41, 5.74) is -0.0419. The van der Waals surface area contributed by atoms with Gasteiger partial charge in [0.2, 0.25) is 0 Å². The highest BCUT2D eigenvalue weighted by molar-refractivity contribution is 5.85. The molecule has 0 aromatic rings. The molecule has 196 valence electrons. The van der Waals surface area contributed by atoms with E-state index < -0.39 is 6.29 Å². The molecule has 0 amide bonds. The minimum atomic E-state index is -0.690. The molecule has 7 rings (SSSR count). The summed E-state index contributed by atoms with van der Waals surface area (Å²) in [6.45, 7) is 13.4. The second-order valence-corrected chi connectivity index (χ2v) is 15.5. The lowest BCUT2D eigenvalue weighted by Crippen LogP contribution is -2.65. The van der Waals surface area contributed by atoms with E-state index in [1.165, 1.54) is 19.3 Å². The number of epoxide rings is 1. The molecule has 7 aliphatic rings. The predicted octanol–water partition coefficient (Wildman–Crippen LogP) is 4.87. The van der Waals surface area contributed by atoms with Crippen molar-refractivity contribution in [3.8, 4) is 0 Å². The number of hydrogen-bond donors (Lipinski definition) is 2. The van der Waals surface area contributed by atoms with Crippen molar-refractivity contribution < 1.29 is 24.5 Å². The van der Waals surface area contributed by atoms with E-state index >= 15 is 0 Å². The molecule has 0 bridgehead atoms. The Hall–Kier alpha value is -0.490. The van der Waals surface area contributed by atoms with E-state index in [-0.39, 0.29) is 62.8 Å². The Labute approximate surface area is 210 Å². The van der Waals surface area contributed by atoms with Gasteiger partial charge in [-0.3, -0.25) is 4.79 Å². The lowest BCUT2D eigenvalue weighted by molar-refractivity contribution is -0.224. The maximum absolute atomic E-state index is 12.9. The van der Waals surface area contributed by atoms with Crippen molar-refractivity contribution >= 4 is 5.78 Å². The molecule has 35 heavy (non-hydrogen) atoms. The van der Waals surface area contributed by atoms with Crippen LogP contribution < -0.4 is 0 Å². The molecule has 5 saturated carbocycles. The maximum atomic E-state index is 12.9. The molecule has 5 heteroatoms. The standard InChI is InChI=1S/C30H46O5/c1-25(2)20-14-22(32)28(6)19(27(20,5)10-9-21(25)31)8-11-29-15-30(28,29)12-7-17(29)16-13-18(34-24(16)33)23-26(3,4)35-23/h16-20,22-24,32-33H,7-15H2,1-6H3/t16-,17?,18+,19+,20-,22?,23-,24?,27+,28-,29+,30+/m0/s1. The Morgan fingerprint density at radius 1 is 0.914 bits per heavy atom. The van der Waals surface area contributed by atoms with Crippen LogP contribution in [0.3, 0.4) is 0 Å². The fourth-order valence-electron chi connectivity index (χ4n) is 12.2. The Bertz CT molecular complexity index is 974. The zero-order chi connectivity index (χ0) is 25.0. The van der Waals surface area contributed by atoms with Crippen molar-refractivity contribution in [1.29, 1.82) is 0 Å². The van der Waals surface area contributed by atoms with Gasteiger partial charge in [-0.2, -0.15) is 0 Å². The maximum Gasteiger partial charge on any atom is 0.158 e. The molecule has 2 saturated heterocycles. The molecule has 0 aromatic carbocycles. The van der Waals surface area contributed by atoms with Crippen LogP contribution in [0.5, 0.6) is 0 Å². The average Bonchev–Trinajstić information content (AvgIpc) is 3.53. The van der Waals surface area contributed by atoms with Gasteiger partial charge in [0, 0.05) is 23.2 Å². The fraction of sp³-hybridized carbons (Fsp3) is 0.967. The third-order valence-corrected chi connectivity index (χ3v) is 14.0. The number of Topliss-reactive ketones (excluding diaryl/α,β-unsaturated/α-hetero) is 1. The minimum absolute atomic E-state index is 0.00373. The Balaban J connectivity index is 1.20. The van der Waals surface area contributed by atoms with Gasteiger partial charge in [-0.25, -0.2) is 0 Å². The molecule has 0 radical (unpaired) electrons. The smallest absolute Gasteiger partial charge is 0.158 e. The third-order valence-electron chi connectivity index (χ3n) is 14.0. The highest BCUT2D eigenvalue weighted by Gasteiger charge is 2.85. The zero-order valence-electron chi connectivity index (χ0n) is 22.6. The fourth-order valence-corrected chi connectivity index (χ4v) is 12.2. The highest BCUT2D eigenvalue weighted by Crippen LogP contribution is 2.91. The normalized spacial score (nSPS) is 61.4. The van der Waals surface area contributed by atoms with E-state index in [0.717, 1.165) is 32.1 Å². The first-order valence-electron chi connectivity index (χ1n) is 14.5. The number of aliphatic hydroxyl groups excluding tert-OH is 2.